The average molecular weight is 464 g/mol. The molecule has 3 unspecified atom stereocenters. The number of rotatable bonds is 5. The first kappa shape index (κ1) is 25.1. The van der Waals surface area contributed by atoms with Crippen LogP contribution in [-0.2, 0) is 28.6 Å². The van der Waals surface area contributed by atoms with Crippen LogP contribution in [0.3, 0.4) is 0 Å². The summed E-state index contributed by atoms with van der Waals surface area (Å²) >= 11 is 0. The maximum absolute atomic E-state index is 13.6. The highest BCUT2D eigenvalue weighted by atomic mass is 16.5. The first-order chi connectivity index (χ1) is 15.5. The zero-order chi connectivity index (χ0) is 24.8. The number of methoxy groups -OCH3 is 3. The number of piperidine rings is 2. The van der Waals surface area contributed by atoms with Gasteiger partial charge in [0.05, 0.1) is 39.2 Å². The van der Waals surface area contributed by atoms with Crippen LogP contribution in [-0.4, -0.2) is 96.9 Å². The first-order valence-electron chi connectivity index (χ1n) is 10.8. The smallest absolute Gasteiger partial charge is 0.325 e. The van der Waals surface area contributed by atoms with Crippen LogP contribution < -0.4 is 0 Å². The van der Waals surface area contributed by atoms with Crippen molar-refractivity contribution in [1.82, 2.24) is 14.8 Å². The number of pyridine rings is 1. The van der Waals surface area contributed by atoms with Gasteiger partial charge in [0.1, 0.15) is 16.4 Å². The molecular weight excluding hydrogens is 430 g/mol. The Bertz CT molecular complexity index is 924. The number of likely N-dealkylation sites (tertiary alicyclic amines) is 2. The van der Waals surface area contributed by atoms with Gasteiger partial charge in [-0.2, -0.15) is 0 Å². The van der Waals surface area contributed by atoms with Crippen molar-refractivity contribution in [2.24, 2.45) is 10.8 Å². The van der Waals surface area contributed by atoms with Crippen LogP contribution in [0.15, 0.2) is 24.4 Å². The monoisotopic (exact) mass is 463 g/mol. The molecule has 182 valence electrons. The Labute approximate surface area is 193 Å². The van der Waals surface area contributed by atoms with Gasteiger partial charge in [-0.3, -0.25) is 29.2 Å². The zero-order valence-corrected chi connectivity index (χ0v) is 20.2. The Morgan fingerprint density at radius 2 is 1.64 bits per heavy atom. The molecule has 1 aromatic heterocycles. The van der Waals surface area contributed by atoms with Gasteiger partial charge in [0.15, 0.2) is 0 Å². The van der Waals surface area contributed by atoms with Gasteiger partial charge >= 0.3 is 17.9 Å². The molecule has 3 heterocycles. The fourth-order valence-corrected chi connectivity index (χ4v) is 5.67. The van der Waals surface area contributed by atoms with Crippen molar-refractivity contribution in [3.63, 3.8) is 0 Å². The third kappa shape index (κ3) is 3.34. The second-order valence-corrected chi connectivity index (χ2v) is 9.37. The van der Waals surface area contributed by atoms with Gasteiger partial charge < -0.3 is 19.3 Å². The number of aliphatic hydroxyl groups is 1. The summed E-state index contributed by atoms with van der Waals surface area (Å²) in [7, 11) is 5.54. The molecule has 10 heteroatoms. The van der Waals surface area contributed by atoms with Gasteiger partial charge in [-0.15, -0.1) is 0 Å². The Hall–Kier alpha value is -2.56. The van der Waals surface area contributed by atoms with Gasteiger partial charge in [0, 0.05) is 25.3 Å². The first-order valence-corrected chi connectivity index (χ1v) is 10.8. The third-order valence-electron chi connectivity index (χ3n) is 7.71. The van der Waals surface area contributed by atoms with E-state index < -0.39 is 52.5 Å². The summed E-state index contributed by atoms with van der Waals surface area (Å²) in [6, 6.07) is 3.98. The van der Waals surface area contributed by atoms with E-state index in [1.807, 2.05) is 4.90 Å². The summed E-state index contributed by atoms with van der Waals surface area (Å²) in [6.45, 7) is 5.02. The van der Waals surface area contributed by atoms with Crippen LogP contribution in [0, 0.1) is 10.8 Å². The molecule has 0 saturated carbocycles. The fraction of sp³-hybridized carbons (Fsp3) is 0.652. The predicted octanol–water partition coefficient (Wildman–Crippen LogP) is 0.404. The molecule has 3 rings (SSSR count). The van der Waals surface area contributed by atoms with Crippen LogP contribution in [0.1, 0.15) is 32.5 Å². The van der Waals surface area contributed by atoms with E-state index in [4.69, 9.17) is 14.2 Å². The van der Waals surface area contributed by atoms with Gasteiger partial charge in [-0.25, -0.2) is 0 Å². The maximum Gasteiger partial charge on any atom is 0.325 e. The minimum atomic E-state index is -1.65. The molecule has 0 spiro atoms. The van der Waals surface area contributed by atoms with E-state index in [-0.39, 0.29) is 13.1 Å². The minimum absolute atomic E-state index is 0.0257. The molecule has 2 saturated heterocycles. The molecule has 2 aliphatic rings. The van der Waals surface area contributed by atoms with Gasteiger partial charge in [-0.1, -0.05) is 6.07 Å². The number of hydrogen-bond donors (Lipinski definition) is 1. The van der Waals surface area contributed by atoms with Crippen molar-refractivity contribution in [3.05, 3.63) is 30.1 Å². The molecule has 2 aliphatic heterocycles. The summed E-state index contributed by atoms with van der Waals surface area (Å²) in [5, 5.41) is 11.9. The molecule has 2 fully saturated rings. The number of fused-ring (bicyclic) bond motifs is 2. The molecule has 5 atom stereocenters. The number of carbonyl (C=O) groups is 3. The molecule has 1 aromatic rings. The Morgan fingerprint density at radius 1 is 1.06 bits per heavy atom. The summed E-state index contributed by atoms with van der Waals surface area (Å²) in [5.41, 5.74) is -3.88. The van der Waals surface area contributed by atoms with E-state index in [0.717, 1.165) is 0 Å². The van der Waals surface area contributed by atoms with E-state index in [9.17, 15) is 19.5 Å². The highest BCUT2D eigenvalue weighted by molar-refractivity contribution is 5.87. The predicted molar refractivity (Wildman–Crippen MR) is 117 cm³/mol. The molecule has 1 N–H and O–H groups in total. The van der Waals surface area contributed by atoms with E-state index in [2.05, 4.69) is 4.98 Å². The molecule has 0 aliphatic carbocycles. The lowest BCUT2D eigenvalue weighted by atomic mass is 9.53. The van der Waals surface area contributed by atoms with Crippen LogP contribution in [0.5, 0.6) is 0 Å². The average Bonchev–Trinajstić information content (AvgIpc) is 2.82. The van der Waals surface area contributed by atoms with Crippen molar-refractivity contribution in [2.45, 2.75) is 44.5 Å². The van der Waals surface area contributed by atoms with E-state index in [1.54, 1.807) is 57.1 Å². The Balaban J connectivity index is 2.35. The number of ether oxygens (including phenoxy) is 3. The molecule has 0 radical (unpaired) electrons. The van der Waals surface area contributed by atoms with Crippen molar-refractivity contribution >= 4 is 17.9 Å². The normalized spacial score (nSPS) is 32.7. The molecule has 33 heavy (non-hydrogen) atoms. The topological polar surface area (TPSA) is 118 Å². The third-order valence-corrected chi connectivity index (χ3v) is 7.71. The Kier molecular flexibility index (Phi) is 6.58. The van der Waals surface area contributed by atoms with Crippen molar-refractivity contribution < 1.29 is 33.7 Å². The number of aromatic nitrogens is 1. The summed E-state index contributed by atoms with van der Waals surface area (Å²) in [4.78, 5) is 47.7. The number of nitrogens with zero attached hydrogens (tertiary/aromatic N) is 3. The highest BCUT2D eigenvalue weighted by Crippen LogP contribution is 2.59. The van der Waals surface area contributed by atoms with Gasteiger partial charge in [0.25, 0.3) is 0 Å². The number of carbonyl (C=O) groups excluding carboxylic acids is 3. The minimum Gasteiger partial charge on any atom is -0.468 e. The second-order valence-electron chi connectivity index (χ2n) is 9.37. The number of esters is 3. The standard InChI is InChI=1S/C23H33N3O7/c1-14-22(19(29)32-6)12-26(21(2,3)18(28)31-5)13-23(17(22)27,20(30)33-7)16(25(14)4)15-10-8-9-11-24-15/h8-11,14,16-17,27H,12-13H2,1-7H3/t14-,16+,17?,22?,23?/m0/s1. The van der Waals surface area contributed by atoms with Crippen LogP contribution in [0.25, 0.3) is 0 Å². The van der Waals surface area contributed by atoms with Crippen molar-refractivity contribution in [1.29, 1.82) is 0 Å². The summed E-state index contributed by atoms with van der Waals surface area (Å²) in [6.07, 6.45) is 0.139. The lowest BCUT2D eigenvalue weighted by Gasteiger charge is -2.65. The second kappa shape index (κ2) is 8.66. The van der Waals surface area contributed by atoms with Crippen LogP contribution >= 0.6 is 0 Å². The van der Waals surface area contributed by atoms with Gasteiger partial charge in [-0.05, 0) is 40.0 Å². The fourth-order valence-electron chi connectivity index (χ4n) is 5.67. The zero-order valence-electron chi connectivity index (χ0n) is 20.2. The quantitative estimate of drug-likeness (QED) is 0.486. The van der Waals surface area contributed by atoms with Crippen LogP contribution in [0.4, 0.5) is 0 Å². The Morgan fingerprint density at radius 3 is 2.15 bits per heavy atom. The van der Waals surface area contributed by atoms with Gasteiger partial charge in [0.2, 0.25) is 0 Å². The SMILES string of the molecule is COC(=O)C12CN(C(C)(C)C(=O)OC)CC(C(=O)OC)(C1O)[C@@H](c1ccccn1)N(C)[C@H]2C. The maximum atomic E-state index is 13.6. The lowest BCUT2D eigenvalue weighted by molar-refractivity contribution is -0.252. The molecular formula is C23H33N3O7. The summed E-state index contributed by atoms with van der Waals surface area (Å²) in [5.74, 6) is -1.91. The number of aliphatic hydroxyl groups excluding tert-OH is 1. The number of hydrogen-bond acceptors (Lipinski definition) is 10. The molecule has 0 amide bonds. The molecule has 2 bridgehead atoms. The van der Waals surface area contributed by atoms with E-state index in [0.29, 0.717) is 5.69 Å². The molecule has 0 aromatic carbocycles. The van der Waals surface area contributed by atoms with E-state index >= 15 is 0 Å². The van der Waals surface area contributed by atoms with Crippen molar-refractivity contribution in [3.8, 4) is 0 Å². The largest absolute Gasteiger partial charge is 0.468 e. The molecule has 10 nitrogen and oxygen atoms in total. The highest BCUT2D eigenvalue weighted by Gasteiger charge is 2.74. The van der Waals surface area contributed by atoms with Crippen LogP contribution in [0.2, 0.25) is 0 Å². The van der Waals surface area contributed by atoms with Crippen molar-refractivity contribution in [2.75, 3.05) is 41.5 Å². The summed E-state index contributed by atoms with van der Waals surface area (Å²) < 4.78 is 15.4. The lowest BCUT2D eigenvalue weighted by Crippen LogP contribution is -2.81. The van der Waals surface area contributed by atoms with E-state index in [1.165, 1.54) is 21.3 Å².